The SMILES string of the molecule is CC1Cc2ccccc2C1NC(=O)/C=C/c1ccc2cnn(PI)c2c1. The molecule has 132 valence electrons. The van der Waals surface area contributed by atoms with Crippen LogP contribution in [0.5, 0.6) is 0 Å². The zero-order valence-corrected chi connectivity index (χ0v) is 17.5. The molecular formula is C20H19IN3OP. The lowest BCUT2D eigenvalue weighted by Gasteiger charge is -2.17. The highest BCUT2D eigenvalue weighted by Gasteiger charge is 2.29. The Morgan fingerprint density at radius 1 is 1.35 bits per heavy atom. The summed E-state index contributed by atoms with van der Waals surface area (Å²) in [5, 5.41) is 8.65. The molecule has 1 aromatic heterocycles. The molecule has 0 radical (unpaired) electrons. The van der Waals surface area contributed by atoms with Gasteiger partial charge in [0.1, 0.15) is 0 Å². The molecule has 1 aliphatic carbocycles. The molecule has 3 atom stereocenters. The number of amides is 1. The van der Waals surface area contributed by atoms with Gasteiger partial charge in [0, 0.05) is 11.5 Å². The van der Waals surface area contributed by atoms with E-state index in [-0.39, 0.29) is 11.9 Å². The van der Waals surface area contributed by atoms with Gasteiger partial charge in [0.05, 0.1) is 24.1 Å². The number of aromatic nitrogens is 2. The van der Waals surface area contributed by atoms with E-state index in [9.17, 15) is 4.79 Å². The molecule has 0 saturated carbocycles. The van der Waals surface area contributed by atoms with Crippen molar-refractivity contribution < 1.29 is 4.79 Å². The summed E-state index contributed by atoms with van der Waals surface area (Å²) in [6.07, 6.45) is 6.94. The first kappa shape index (κ1) is 17.7. The molecule has 1 amide bonds. The first-order valence-corrected chi connectivity index (χ1v) is 12.6. The first-order valence-electron chi connectivity index (χ1n) is 8.56. The average molecular weight is 475 g/mol. The molecule has 4 nitrogen and oxygen atoms in total. The van der Waals surface area contributed by atoms with Crippen molar-refractivity contribution >= 4 is 51.3 Å². The molecule has 4 rings (SSSR count). The second-order valence-corrected chi connectivity index (χ2v) is 8.70. The number of halogens is 1. The summed E-state index contributed by atoms with van der Waals surface area (Å²) in [6.45, 7) is 2.19. The molecule has 1 N–H and O–H groups in total. The first-order chi connectivity index (χ1) is 12.7. The Morgan fingerprint density at radius 2 is 2.19 bits per heavy atom. The summed E-state index contributed by atoms with van der Waals surface area (Å²) in [4.78, 5) is 12.4. The number of hydrogen-bond acceptors (Lipinski definition) is 2. The fraction of sp³-hybridized carbons (Fsp3) is 0.200. The zero-order chi connectivity index (χ0) is 18.1. The van der Waals surface area contributed by atoms with Gasteiger partial charge in [-0.2, -0.15) is 5.10 Å². The molecule has 0 bridgehead atoms. The summed E-state index contributed by atoms with van der Waals surface area (Å²) in [5.74, 6) is 0.364. The predicted molar refractivity (Wildman–Crippen MR) is 117 cm³/mol. The van der Waals surface area contributed by atoms with Crippen molar-refractivity contribution in [3.05, 3.63) is 71.4 Å². The molecule has 0 saturated heterocycles. The number of carbonyl (C=O) groups is 1. The van der Waals surface area contributed by atoms with Crippen molar-refractivity contribution in [2.75, 3.05) is 0 Å². The summed E-state index contributed by atoms with van der Waals surface area (Å²) >= 11 is 2.32. The lowest BCUT2D eigenvalue weighted by Crippen LogP contribution is -2.28. The molecule has 0 fully saturated rings. The van der Waals surface area contributed by atoms with Gasteiger partial charge in [-0.15, -0.1) is 0 Å². The van der Waals surface area contributed by atoms with Crippen molar-refractivity contribution in [2.45, 2.75) is 19.4 Å². The maximum absolute atomic E-state index is 12.4. The molecule has 1 aliphatic rings. The maximum atomic E-state index is 12.4. The van der Waals surface area contributed by atoms with Gasteiger partial charge in [-0.1, -0.05) is 43.3 Å². The average Bonchev–Trinajstić information content (AvgIpc) is 3.20. The largest absolute Gasteiger partial charge is 0.345 e. The normalized spacial score (nSPS) is 19.6. The minimum Gasteiger partial charge on any atom is -0.345 e. The molecule has 26 heavy (non-hydrogen) atoms. The van der Waals surface area contributed by atoms with Gasteiger partial charge in [0.2, 0.25) is 5.91 Å². The maximum Gasteiger partial charge on any atom is 0.244 e. The summed E-state index contributed by atoms with van der Waals surface area (Å²) in [5.41, 5.74) is 4.69. The lowest BCUT2D eigenvalue weighted by atomic mass is 10.0. The third kappa shape index (κ3) is 3.42. The van der Waals surface area contributed by atoms with E-state index in [1.807, 2.05) is 34.9 Å². The Morgan fingerprint density at radius 3 is 3.04 bits per heavy atom. The van der Waals surface area contributed by atoms with Crippen molar-refractivity contribution in [3.8, 4) is 0 Å². The van der Waals surface area contributed by atoms with Crippen molar-refractivity contribution in [1.29, 1.82) is 0 Å². The van der Waals surface area contributed by atoms with Gasteiger partial charge in [0.15, 0.2) is 0 Å². The molecular weight excluding hydrogens is 456 g/mol. The second-order valence-electron chi connectivity index (χ2n) is 6.66. The smallest absolute Gasteiger partial charge is 0.244 e. The molecule has 3 unspecified atom stereocenters. The fourth-order valence-corrected chi connectivity index (χ4v) is 5.13. The van der Waals surface area contributed by atoms with E-state index in [4.69, 9.17) is 0 Å². The van der Waals surface area contributed by atoms with Crippen LogP contribution in [0.4, 0.5) is 0 Å². The van der Waals surface area contributed by atoms with E-state index in [1.165, 1.54) is 11.1 Å². The van der Waals surface area contributed by atoms with Crippen LogP contribution in [0.15, 0.2) is 54.7 Å². The van der Waals surface area contributed by atoms with Crippen LogP contribution in [-0.2, 0) is 11.2 Å². The van der Waals surface area contributed by atoms with Crippen molar-refractivity contribution in [1.82, 2.24) is 14.9 Å². The summed E-state index contributed by atoms with van der Waals surface area (Å²) in [7, 11) is 0. The summed E-state index contributed by atoms with van der Waals surface area (Å²) in [6, 6.07) is 14.6. The van der Waals surface area contributed by atoms with E-state index in [2.05, 4.69) is 63.6 Å². The van der Waals surface area contributed by atoms with Crippen LogP contribution in [0, 0.1) is 5.92 Å². The Labute approximate surface area is 167 Å². The van der Waals surface area contributed by atoms with E-state index >= 15 is 0 Å². The van der Waals surface area contributed by atoms with Crippen LogP contribution in [-0.4, -0.2) is 15.5 Å². The van der Waals surface area contributed by atoms with Crippen LogP contribution < -0.4 is 5.32 Å². The van der Waals surface area contributed by atoms with E-state index in [0.29, 0.717) is 12.3 Å². The Bertz CT molecular complexity index is 998. The number of benzene rings is 2. The lowest BCUT2D eigenvalue weighted by molar-refractivity contribution is -0.117. The number of rotatable bonds is 4. The minimum atomic E-state index is -0.0528. The molecule has 0 aliphatic heterocycles. The zero-order valence-electron chi connectivity index (χ0n) is 14.3. The molecule has 1 heterocycles. The molecule has 2 aromatic carbocycles. The number of nitrogens with one attached hydrogen (secondary N) is 1. The fourth-order valence-electron chi connectivity index (χ4n) is 3.59. The second kappa shape index (κ2) is 7.49. The van der Waals surface area contributed by atoms with E-state index < -0.39 is 0 Å². The highest BCUT2D eigenvalue weighted by Crippen LogP contribution is 2.35. The number of hydrogen-bond donors (Lipinski definition) is 1. The van der Waals surface area contributed by atoms with Gasteiger partial charge in [-0.25, -0.2) is 4.45 Å². The monoisotopic (exact) mass is 475 g/mol. The Hall–Kier alpha value is -1.72. The number of fused-ring (bicyclic) bond motifs is 2. The molecule has 3 aromatic rings. The van der Waals surface area contributed by atoms with Crippen LogP contribution in [0.25, 0.3) is 17.0 Å². The van der Waals surface area contributed by atoms with Gasteiger partial charge in [-0.05, 0) is 63.2 Å². The van der Waals surface area contributed by atoms with Crippen LogP contribution in [0.3, 0.4) is 0 Å². The quantitative estimate of drug-likeness (QED) is 0.332. The highest BCUT2D eigenvalue weighted by molar-refractivity contribution is 14.2. The van der Waals surface area contributed by atoms with Crippen LogP contribution in [0.2, 0.25) is 0 Å². The topological polar surface area (TPSA) is 46.9 Å². The predicted octanol–water partition coefficient (Wildman–Crippen LogP) is 4.89. The van der Waals surface area contributed by atoms with Crippen LogP contribution >= 0.6 is 28.4 Å². The standard InChI is InChI=1S/C20H19IN3OP/c1-13-10-15-4-2-3-5-17(15)20(13)23-19(25)9-7-14-6-8-16-12-22-24(26-21)18(16)11-14/h2-9,11-13,20,26H,10H2,1H3,(H,23,25)/b9-7+. The van der Waals surface area contributed by atoms with Gasteiger partial charge in [0.25, 0.3) is 0 Å². The van der Waals surface area contributed by atoms with Gasteiger partial charge >= 0.3 is 0 Å². The van der Waals surface area contributed by atoms with E-state index in [0.717, 1.165) is 22.9 Å². The van der Waals surface area contributed by atoms with Crippen LogP contribution in [0.1, 0.15) is 29.7 Å². The number of carbonyl (C=O) groups excluding carboxylic acids is 1. The third-order valence-corrected chi connectivity index (χ3v) is 6.79. The summed E-state index contributed by atoms with van der Waals surface area (Å²) < 4.78 is 1.98. The van der Waals surface area contributed by atoms with Crippen molar-refractivity contribution in [2.24, 2.45) is 5.92 Å². The van der Waals surface area contributed by atoms with Crippen molar-refractivity contribution in [3.63, 3.8) is 0 Å². The minimum absolute atomic E-state index is 0.0528. The molecule has 6 heteroatoms. The van der Waals surface area contributed by atoms with Gasteiger partial charge < -0.3 is 5.32 Å². The third-order valence-electron chi connectivity index (χ3n) is 4.90. The number of nitrogens with zero attached hydrogens (tertiary/aromatic N) is 2. The highest BCUT2D eigenvalue weighted by atomic mass is 127. The Kier molecular flexibility index (Phi) is 5.09. The molecule has 0 spiro atoms. The van der Waals surface area contributed by atoms with Gasteiger partial charge in [-0.3, -0.25) is 4.79 Å². The Balaban J connectivity index is 1.50. The van der Waals surface area contributed by atoms with E-state index in [1.54, 1.807) is 6.08 Å².